The van der Waals surface area contributed by atoms with E-state index < -0.39 is 11.7 Å². The Hall–Kier alpha value is -2.64. The van der Waals surface area contributed by atoms with Gasteiger partial charge in [-0.2, -0.15) is 8.78 Å². The summed E-state index contributed by atoms with van der Waals surface area (Å²) in [7, 11) is 1.87. The number of hydrogen-bond donors (Lipinski definition) is 0. The molecule has 1 aliphatic carbocycles. The minimum absolute atomic E-state index is 0.188. The fraction of sp³-hybridized carbons (Fsp3) is 0.667. The second-order valence-corrected chi connectivity index (χ2v) is 11.4. The average molecular weight is 536 g/mol. The Bertz CT molecular complexity index is 937. The quantitative estimate of drug-likeness (QED) is 0.271. The van der Waals surface area contributed by atoms with E-state index in [2.05, 4.69) is 34.6 Å². The summed E-state index contributed by atoms with van der Waals surface area (Å²) in [6.07, 6.45) is 4.14. The monoisotopic (exact) mass is 535 g/mol. The number of carbonyl (C=O) groups excluding carboxylic acids is 1. The molecule has 0 spiro atoms. The third-order valence-corrected chi connectivity index (χ3v) is 6.58. The van der Waals surface area contributed by atoms with Gasteiger partial charge in [-0.3, -0.25) is 4.99 Å². The molecule has 1 atom stereocenters. The zero-order valence-corrected chi connectivity index (χ0v) is 24.5. The summed E-state index contributed by atoms with van der Waals surface area (Å²) in [6.45, 7) is 15.9. The van der Waals surface area contributed by atoms with Gasteiger partial charge in [0.2, 0.25) is 0 Å². The normalized spacial score (nSPS) is 17.9. The second kappa shape index (κ2) is 13.9. The van der Waals surface area contributed by atoms with Crippen molar-refractivity contribution in [2.45, 2.75) is 85.9 Å². The number of hydrogen-bond acceptors (Lipinski definition) is 4. The summed E-state index contributed by atoms with van der Waals surface area (Å²) in [4.78, 5) is 20.9. The molecule has 1 heterocycles. The first-order chi connectivity index (χ1) is 17.7. The van der Waals surface area contributed by atoms with Crippen LogP contribution < -0.4 is 4.74 Å². The fourth-order valence-corrected chi connectivity index (χ4v) is 4.04. The highest BCUT2D eigenvalue weighted by atomic mass is 19.3. The topological polar surface area (TPSA) is 54.4 Å². The number of allylic oxidation sites excluding steroid dienone is 1. The molecule has 2 fully saturated rings. The van der Waals surface area contributed by atoms with E-state index in [1.165, 1.54) is 43.4 Å². The molecule has 1 unspecified atom stereocenters. The minimum atomic E-state index is -3.10. The zero-order chi connectivity index (χ0) is 28.5. The first-order valence-corrected chi connectivity index (χ1v) is 13.7. The molecule has 3 rings (SSSR count). The smallest absolute Gasteiger partial charge is 0.410 e. The molecule has 1 saturated heterocycles. The summed E-state index contributed by atoms with van der Waals surface area (Å²) in [5.74, 6) is 2.74. The second-order valence-electron chi connectivity index (χ2n) is 11.4. The molecule has 38 heavy (non-hydrogen) atoms. The van der Waals surface area contributed by atoms with E-state index >= 15 is 0 Å². The minimum Gasteiger partial charge on any atom is -0.444 e. The van der Waals surface area contributed by atoms with Crippen molar-refractivity contribution in [1.82, 2.24) is 9.80 Å². The van der Waals surface area contributed by atoms with Crippen LogP contribution in [0.5, 0.6) is 5.75 Å². The van der Waals surface area contributed by atoms with Gasteiger partial charge < -0.3 is 19.3 Å². The molecule has 1 amide bonds. The molecule has 214 valence electrons. The number of amides is 1. The van der Waals surface area contributed by atoms with Crippen molar-refractivity contribution in [3.63, 3.8) is 0 Å². The van der Waals surface area contributed by atoms with Crippen molar-refractivity contribution < 1.29 is 23.0 Å². The first-order valence-electron chi connectivity index (χ1n) is 13.7. The number of amidine groups is 1. The number of nitrogens with zero attached hydrogens (tertiary/aromatic N) is 3. The standard InChI is InChI=1S/C21H37N3O2.C9H10F2O/c1-7-16(2)18(14-17-8-9-17)15-19(22-6)23-10-12-24(13-11-23)20(25)26-21(3,4)5;1-7-3-5-8(6-4-7)12-9(2,10)11/h15-17H,7-14H2,1-6H3;3-6H,1-2H3/b18-15-,22-19?;. The molecule has 8 heteroatoms. The van der Waals surface area contributed by atoms with Crippen molar-refractivity contribution >= 4 is 11.9 Å². The molecule has 6 nitrogen and oxygen atoms in total. The maximum atomic E-state index is 12.3. The van der Waals surface area contributed by atoms with Crippen molar-refractivity contribution in [3.05, 3.63) is 41.5 Å². The molecule has 2 aliphatic rings. The van der Waals surface area contributed by atoms with Crippen LogP contribution in [0.2, 0.25) is 0 Å². The largest absolute Gasteiger partial charge is 0.444 e. The predicted octanol–water partition coefficient (Wildman–Crippen LogP) is 7.33. The number of aryl methyl sites for hydroxylation is 1. The molecule has 0 aromatic heterocycles. The average Bonchev–Trinajstić information content (AvgIpc) is 3.65. The van der Waals surface area contributed by atoms with Crippen LogP contribution in [-0.2, 0) is 4.74 Å². The number of ether oxygens (including phenoxy) is 2. The molecular weight excluding hydrogens is 488 g/mol. The summed E-state index contributed by atoms with van der Waals surface area (Å²) >= 11 is 0. The lowest BCUT2D eigenvalue weighted by Gasteiger charge is -2.36. The van der Waals surface area contributed by atoms with Crippen LogP contribution in [0.25, 0.3) is 0 Å². The molecular formula is C30H47F2N3O3. The van der Waals surface area contributed by atoms with E-state index in [4.69, 9.17) is 4.74 Å². The van der Waals surface area contributed by atoms with Gasteiger partial charge in [0.05, 0.1) is 0 Å². The van der Waals surface area contributed by atoms with E-state index in [9.17, 15) is 13.6 Å². The van der Waals surface area contributed by atoms with E-state index in [0.29, 0.717) is 25.9 Å². The fourth-order valence-electron chi connectivity index (χ4n) is 4.04. The number of piperazine rings is 1. The van der Waals surface area contributed by atoms with E-state index in [-0.39, 0.29) is 11.8 Å². The van der Waals surface area contributed by atoms with Crippen molar-refractivity contribution in [3.8, 4) is 5.75 Å². The maximum absolute atomic E-state index is 12.3. The predicted molar refractivity (Wildman–Crippen MR) is 150 cm³/mol. The SMILES string of the molecule is CCC(C)/C(=C\C(=NC)N1CCN(C(=O)OC(C)(C)C)CC1)CC1CC1.Cc1ccc(OC(C)(F)F)cc1. The Morgan fingerprint density at radius 2 is 1.63 bits per heavy atom. The van der Waals surface area contributed by atoms with Crippen molar-refractivity contribution in [2.24, 2.45) is 16.8 Å². The summed E-state index contributed by atoms with van der Waals surface area (Å²) < 4.78 is 34.4. The molecule has 0 radical (unpaired) electrons. The van der Waals surface area contributed by atoms with Crippen LogP contribution in [0.15, 0.2) is 40.9 Å². The number of benzene rings is 1. The maximum Gasteiger partial charge on any atom is 0.410 e. The summed E-state index contributed by atoms with van der Waals surface area (Å²) in [5.41, 5.74) is 2.10. The number of alkyl halides is 2. The van der Waals surface area contributed by atoms with Crippen molar-refractivity contribution in [1.29, 1.82) is 0 Å². The molecule has 1 saturated carbocycles. The van der Waals surface area contributed by atoms with E-state index in [1.54, 1.807) is 17.0 Å². The van der Waals surface area contributed by atoms with Gasteiger partial charge in [0, 0.05) is 40.2 Å². The van der Waals surface area contributed by atoms with E-state index in [0.717, 1.165) is 30.4 Å². The summed E-state index contributed by atoms with van der Waals surface area (Å²) in [5, 5.41) is 0. The lowest BCUT2D eigenvalue weighted by atomic mass is 9.93. The number of halogens is 2. The highest BCUT2D eigenvalue weighted by Gasteiger charge is 2.28. The van der Waals surface area contributed by atoms with Crippen LogP contribution in [0.4, 0.5) is 13.6 Å². The van der Waals surface area contributed by atoms with Gasteiger partial charge in [-0.25, -0.2) is 4.79 Å². The van der Waals surface area contributed by atoms with Gasteiger partial charge in [0.1, 0.15) is 17.2 Å². The molecule has 1 aliphatic heterocycles. The van der Waals surface area contributed by atoms with Gasteiger partial charge in [0.15, 0.2) is 0 Å². The van der Waals surface area contributed by atoms with Gasteiger partial charge in [-0.1, -0.05) is 37.1 Å². The number of rotatable bonds is 7. The lowest BCUT2D eigenvalue weighted by molar-refractivity contribution is -0.158. The molecule has 0 N–H and O–H groups in total. The van der Waals surface area contributed by atoms with Crippen LogP contribution in [0.3, 0.4) is 0 Å². The Morgan fingerprint density at radius 3 is 2.08 bits per heavy atom. The van der Waals surface area contributed by atoms with Crippen LogP contribution in [0.1, 0.15) is 72.8 Å². The summed E-state index contributed by atoms with van der Waals surface area (Å²) in [6, 6.07) is 6.49. The van der Waals surface area contributed by atoms with Gasteiger partial charge in [-0.15, -0.1) is 0 Å². The van der Waals surface area contributed by atoms with Crippen LogP contribution in [-0.4, -0.2) is 66.7 Å². The molecule has 0 bridgehead atoms. The number of carbonyl (C=O) groups is 1. The van der Waals surface area contributed by atoms with Gasteiger partial charge in [-0.05, 0) is 83.4 Å². The van der Waals surface area contributed by atoms with Crippen LogP contribution >= 0.6 is 0 Å². The van der Waals surface area contributed by atoms with E-state index in [1.807, 2.05) is 34.7 Å². The zero-order valence-electron chi connectivity index (χ0n) is 24.5. The molecule has 1 aromatic carbocycles. The third kappa shape index (κ3) is 11.8. The van der Waals surface area contributed by atoms with Crippen molar-refractivity contribution in [2.75, 3.05) is 33.2 Å². The Labute approximate surface area is 228 Å². The highest BCUT2D eigenvalue weighted by Crippen LogP contribution is 2.37. The van der Waals surface area contributed by atoms with Crippen LogP contribution in [0, 0.1) is 18.8 Å². The Balaban J connectivity index is 0.000000352. The number of aliphatic imine (C=N–C) groups is 1. The lowest BCUT2D eigenvalue weighted by Crippen LogP contribution is -2.51. The Morgan fingerprint density at radius 1 is 1.08 bits per heavy atom. The van der Waals surface area contributed by atoms with Gasteiger partial charge >= 0.3 is 12.2 Å². The molecule has 1 aromatic rings. The van der Waals surface area contributed by atoms with Gasteiger partial charge in [0.25, 0.3) is 0 Å². The third-order valence-electron chi connectivity index (χ3n) is 6.58. The highest BCUT2D eigenvalue weighted by molar-refractivity contribution is 5.93. The Kier molecular flexibility index (Phi) is 11.6. The first kappa shape index (κ1) is 31.6.